The van der Waals surface area contributed by atoms with Gasteiger partial charge in [-0.2, -0.15) is 0 Å². The molecule has 0 fully saturated rings. The number of nitrogens with one attached hydrogen (secondary N) is 1. The van der Waals surface area contributed by atoms with Gasteiger partial charge in [0.25, 0.3) is 0 Å². The third-order valence-corrected chi connectivity index (χ3v) is 3.50. The van der Waals surface area contributed by atoms with Crippen LogP contribution < -0.4 is 21.5 Å². The topological polar surface area (TPSA) is 128 Å². The van der Waals surface area contributed by atoms with Gasteiger partial charge in [-0.1, -0.05) is 26.0 Å². The second kappa shape index (κ2) is 8.20. The molecule has 0 aliphatic rings. The van der Waals surface area contributed by atoms with E-state index in [1.54, 1.807) is 43.4 Å². The first-order chi connectivity index (χ1) is 11.9. The van der Waals surface area contributed by atoms with E-state index in [1.807, 2.05) is 13.8 Å². The first kappa shape index (κ1) is 18.3. The van der Waals surface area contributed by atoms with E-state index in [4.69, 9.17) is 16.2 Å². The van der Waals surface area contributed by atoms with Crippen molar-refractivity contribution in [2.24, 2.45) is 16.1 Å². The molecular formula is C17H22N6O2. The van der Waals surface area contributed by atoms with Crippen LogP contribution in [0, 0.1) is 5.92 Å². The maximum Gasteiger partial charge on any atom is 0.328 e. The van der Waals surface area contributed by atoms with E-state index >= 15 is 0 Å². The monoisotopic (exact) mass is 342 g/mol. The summed E-state index contributed by atoms with van der Waals surface area (Å²) in [4.78, 5) is 16.2. The number of para-hydroxylation sites is 1. The molecule has 1 aromatic heterocycles. The van der Waals surface area contributed by atoms with Crippen LogP contribution >= 0.6 is 0 Å². The molecule has 0 unspecified atom stereocenters. The molecule has 2 aromatic rings. The Hall–Kier alpha value is -3.00. The molecule has 0 radical (unpaired) electrons. The highest BCUT2D eigenvalue weighted by atomic mass is 16.5. The number of hydrogen-bond donors (Lipinski definition) is 3. The quantitative estimate of drug-likeness (QED) is 0.421. The molecule has 0 aliphatic heterocycles. The van der Waals surface area contributed by atoms with E-state index in [9.17, 15) is 4.79 Å². The minimum absolute atomic E-state index is 0.0898. The lowest BCUT2D eigenvalue weighted by atomic mass is 10.1. The van der Waals surface area contributed by atoms with Crippen molar-refractivity contribution < 1.29 is 9.53 Å². The number of nitrogens with zero attached hydrogens (tertiary/aromatic N) is 3. The molecule has 0 amide bonds. The maximum absolute atomic E-state index is 12.3. The van der Waals surface area contributed by atoms with Gasteiger partial charge < -0.3 is 21.5 Å². The number of carbonyl (C=O) groups excluding carboxylic acids is 1. The smallest absolute Gasteiger partial charge is 0.328 e. The third kappa shape index (κ3) is 4.74. The predicted octanol–water partition coefficient (Wildman–Crippen LogP) is 2.81. The van der Waals surface area contributed by atoms with Crippen LogP contribution in [0.1, 0.15) is 13.8 Å². The molecule has 132 valence electrons. The molecule has 0 saturated heterocycles. The Morgan fingerprint density at radius 3 is 2.44 bits per heavy atom. The number of azo groups is 1. The molecule has 8 heteroatoms. The van der Waals surface area contributed by atoms with Crippen molar-refractivity contribution in [1.29, 1.82) is 0 Å². The Labute approximate surface area is 146 Å². The molecule has 2 rings (SSSR count). The number of aromatic nitrogens is 1. The SMILES string of the molecule is CN[C@@H](C(=O)Oc1ccccc1/N=N/c1ccc(N)nc1N)C(C)C. The van der Waals surface area contributed by atoms with E-state index < -0.39 is 6.04 Å². The van der Waals surface area contributed by atoms with Gasteiger partial charge in [-0.3, -0.25) is 0 Å². The summed E-state index contributed by atoms with van der Waals surface area (Å²) in [5.41, 5.74) is 12.1. The summed E-state index contributed by atoms with van der Waals surface area (Å²) >= 11 is 0. The van der Waals surface area contributed by atoms with Crippen LogP contribution in [-0.2, 0) is 4.79 Å². The summed E-state index contributed by atoms with van der Waals surface area (Å²) in [6, 6.07) is 9.66. The Kier molecular flexibility index (Phi) is 6.02. The van der Waals surface area contributed by atoms with Gasteiger partial charge >= 0.3 is 5.97 Å². The number of hydrogen-bond acceptors (Lipinski definition) is 8. The summed E-state index contributed by atoms with van der Waals surface area (Å²) in [6.45, 7) is 3.87. The van der Waals surface area contributed by atoms with Gasteiger partial charge in [0.05, 0.1) is 0 Å². The highest BCUT2D eigenvalue weighted by Gasteiger charge is 2.23. The average molecular weight is 342 g/mol. The first-order valence-corrected chi connectivity index (χ1v) is 7.84. The number of ether oxygens (including phenoxy) is 1. The van der Waals surface area contributed by atoms with Gasteiger partial charge in [-0.25, -0.2) is 9.78 Å². The van der Waals surface area contributed by atoms with Gasteiger partial charge in [0.1, 0.15) is 23.2 Å². The van der Waals surface area contributed by atoms with Crippen molar-refractivity contribution >= 4 is 29.0 Å². The summed E-state index contributed by atoms with van der Waals surface area (Å²) < 4.78 is 5.48. The van der Waals surface area contributed by atoms with Crippen molar-refractivity contribution in [3.05, 3.63) is 36.4 Å². The molecule has 25 heavy (non-hydrogen) atoms. The highest BCUT2D eigenvalue weighted by Crippen LogP contribution is 2.30. The van der Waals surface area contributed by atoms with Crippen LogP contribution in [0.3, 0.4) is 0 Å². The standard InChI is InChI=1S/C17H22N6O2/c1-10(2)15(20-3)17(24)25-13-7-5-4-6-11(13)22-23-12-8-9-14(18)21-16(12)19/h4-10,15,20H,1-3H3,(H4,18,19,21)/b23-22+/t15-/m1/s1. The van der Waals surface area contributed by atoms with E-state index in [1.165, 1.54) is 0 Å². The number of esters is 1. The number of anilines is 2. The van der Waals surface area contributed by atoms with E-state index in [0.29, 0.717) is 22.9 Å². The van der Waals surface area contributed by atoms with Crippen LogP contribution in [0.2, 0.25) is 0 Å². The molecule has 0 bridgehead atoms. The zero-order chi connectivity index (χ0) is 18.4. The van der Waals surface area contributed by atoms with E-state index in [-0.39, 0.29) is 17.7 Å². The van der Waals surface area contributed by atoms with Crippen LogP contribution in [0.5, 0.6) is 5.75 Å². The molecule has 1 atom stereocenters. The number of pyridine rings is 1. The Morgan fingerprint density at radius 2 is 1.80 bits per heavy atom. The predicted molar refractivity (Wildman–Crippen MR) is 97.0 cm³/mol. The number of benzene rings is 1. The van der Waals surface area contributed by atoms with Crippen molar-refractivity contribution in [1.82, 2.24) is 10.3 Å². The lowest BCUT2D eigenvalue weighted by Gasteiger charge is -2.18. The zero-order valence-corrected chi connectivity index (χ0v) is 14.4. The molecule has 5 N–H and O–H groups in total. The summed E-state index contributed by atoms with van der Waals surface area (Å²) in [6.07, 6.45) is 0. The summed E-state index contributed by atoms with van der Waals surface area (Å²) in [5, 5.41) is 11.1. The number of likely N-dealkylation sites (N-methyl/N-ethyl adjacent to an activating group) is 1. The Bertz CT molecular complexity index is 775. The van der Waals surface area contributed by atoms with Crippen molar-refractivity contribution in [2.75, 3.05) is 18.5 Å². The summed E-state index contributed by atoms with van der Waals surface area (Å²) in [5.74, 6) is 0.505. The molecular weight excluding hydrogens is 320 g/mol. The molecule has 0 saturated carbocycles. The highest BCUT2D eigenvalue weighted by molar-refractivity contribution is 5.79. The molecule has 0 spiro atoms. The number of nitrogens with two attached hydrogens (primary N) is 2. The first-order valence-electron chi connectivity index (χ1n) is 7.84. The fourth-order valence-corrected chi connectivity index (χ4v) is 2.20. The van der Waals surface area contributed by atoms with E-state index in [2.05, 4.69) is 20.5 Å². The number of rotatable bonds is 6. The second-order valence-electron chi connectivity index (χ2n) is 5.74. The van der Waals surface area contributed by atoms with Gasteiger partial charge in [0.2, 0.25) is 0 Å². The van der Waals surface area contributed by atoms with Gasteiger partial charge in [0.15, 0.2) is 11.6 Å². The molecule has 1 aromatic carbocycles. The van der Waals surface area contributed by atoms with E-state index in [0.717, 1.165) is 0 Å². The van der Waals surface area contributed by atoms with Crippen LogP contribution in [0.4, 0.5) is 23.0 Å². The fraction of sp³-hybridized carbons (Fsp3) is 0.294. The third-order valence-electron chi connectivity index (χ3n) is 3.50. The number of carbonyl (C=O) groups is 1. The van der Waals surface area contributed by atoms with Crippen molar-refractivity contribution in [2.45, 2.75) is 19.9 Å². The van der Waals surface area contributed by atoms with Crippen LogP contribution in [0.15, 0.2) is 46.6 Å². The van der Waals surface area contributed by atoms with Gasteiger partial charge in [-0.05, 0) is 37.2 Å². The maximum atomic E-state index is 12.3. The van der Waals surface area contributed by atoms with Crippen molar-refractivity contribution in [3.63, 3.8) is 0 Å². The normalized spacial score (nSPS) is 12.5. The molecule has 0 aliphatic carbocycles. The Morgan fingerprint density at radius 1 is 1.12 bits per heavy atom. The van der Waals surface area contributed by atoms with Crippen LogP contribution in [0.25, 0.3) is 0 Å². The largest absolute Gasteiger partial charge is 0.423 e. The minimum atomic E-state index is -0.415. The summed E-state index contributed by atoms with van der Waals surface area (Å²) in [7, 11) is 1.72. The fourth-order valence-electron chi connectivity index (χ4n) is 2.20. The second-order valence-corrected chi connectivity index (χ2v) is 5.74. The van der Waals surface area contributed by atoms with Gasteiger partial charge in [0, 0.05) is 0 Å². The minimum Gasteiger partial charge on any atom is -0.423 e. The van der Waals surface area contributed by atoms with Gasteiger partial charge in [-0.15, -0.1) is 10.2 Å². The lowest BCUT2D eigenvalue weighted by molar-refractivity contribution is -0.137. The molecule has 1 heterocycles. The van der Waals surface area contributed by atoms with Crippen LogP contribution in [-0.4, -0.2) is 24.0 Å². The average Bonchev–Trinajstić information content (AvgIpc) is 2.55. The van der Waals surface area contributed by atoms with Crippen molar-refractivity contribution in [3.8, 4) is 5.75 Å². The molecule has 8 nitrogen and oxygen atoms in total. The zero-order valence-electron chi connectivity index (χ0n) is 14.4. The lowest BCUT2D eigenvalue weighted by Crippen LogP contribution is -2.41. The number of nitrogen functional groups attached to an aromatic ring is 2. The Balaban J connectivity index is 2.23.